The maximum Gasteiger partial charge on any atom is 0.418 e. The molecule has 1 unspecified atom stereocenters. The number of ether oxygens (including phenoxy) is 1. The second-order valence-electron chi connectivity index (χ2n) is 10.6. The van der Waals surface area contributed by atoms with Gasteiger partial charge >= 0.3 is 10.4 Å². The molecular formula is C26H32N8O8S2. The molecule has 5 rings (SSSR count). The summed E-state index contributed by atoms with van der Waals surface area (Å²) in [4.78, 5) is 39.7. The number of oxime groups is 1. The van der Waals surface area contributed by atoms with E-state index in [-0.39, 0.29) is 29.8 Å². The molecule has 18 heteroatoms. The summed E-state index contributed by atoms with van der Waals surface area (Å²) in [5.74, 6) is -0.295. The fraction of sp³-hybridized carbons (Fsp3) is 0.423. The van der Waals surface area contributed by atoms with Crippen LogP contribution in [0.25, 0.3) is 10.9 Å². The fourth-order valence-electron chi connectivity index (χ4n) is 4.78. The fourth-order valence-corrected chi connectivity index (χ4v) is 5.78. The number of hydrogen-bond donors (Lipinski definition) is 5. The number of piperidine rings is 1. The van der Waals surface area contributed by atoms with Crippen LogP contribution in [0.2, 0.25) is 0 Å². The average Bonchev–Trinajstić information content (AvgIpc) is 3.41. The highest BCUT2D eigenvalue weighted by molar-refractivity contribution is 7.80. The Morgan fingerprint density at radius 3 is 2.68 bits per heavy atom. The highest BCUT2D eigenvalue weighted by Gasteiger charge is 2.58. The van der Waals surface area contributed by atoms with Gasteiger partial charge in [-0.3, -0.25) is 14.1 Å². The lowest BCUT2D eigenvalue weighted by molar-refractivity contribution is -0.218. The molecule has 2 aliphatic rings. The van der Waals surface area contributed by atoms with Gasteiger partial charge in [0.05, 0.1) is 11.1 Å². The summed E-state index contributed by atoms with van der Waals surface area (Å²) < 4.78 is 41.2. The molecule has 16 nitrogen and oxygen atoms in total. The highest BCUT2D eigenvalue weighted by atomic mass is 32.3. The van der Waals surface area contributed by atoms with E-state index >= 15 is 0 Å². The number of carbonyl (C=O) groups excluding carboxylic acids is 2. The number of hydrogen-bond acceptors (Lipinski definition) is 14. The number of thiazole rings is 1. The molecule has 0 spiro atoms. The number of hydroxylamine groups is 2. The van der Waals surface area contributed by atoms with Gasteiger partial charge in [0, 0.05) is 16.8 Å². The van der Waals surface area contributed by atoms with Crippen LogP contribution in [0.1, 0.15) is 32.4 Å². The van der Waals surface area contributed by atoms with Crippen LogP contribution in [0.4, 0.5) is 10.9 Å². The van der Waals surface area contributed by atoms with E-state index in [9.17, 15) is 18.0 Å². The van der Waals surface area contributed by atoms with Gasteiger partial charge in [-0.15, -0.1) is 15.6 Å². The number of nitrogens with one attached hydrogen (secondary N) is 3. The van der Waals surface area contributed by atoms with Gasteiger partial charge in [-0.1, -0.05) is 5.16 Å². The Bertz CT molecular complexity index is 1670. The van der Waals surface area contributed by atoms with Crippen LogP contribution in [0, 0.1) is 0 Å². The Morgan fingerprint density at radius 2 is 2.00 bits per heavy atom. The first kappa shape index (κ1) is 31.3. The molecule has 2 aromatic heterocycles. The highest BCUT2D eigenvalue weighted by Crippen LogP contribution is 2.33. The molecule has 2 fully saturated rings. The number of carbonyl (C=O) groups is 2. The van der Waals surface area contributed by atoms with E-state index in [1.807, 2.05) is 24.3 Å². The number of aromatic nitrogens is 2. The zero-order valence-electron chi connectivity index (χ0n) is 23.8. The SMILES string of the molecule is CC1(C)C(NC(=O)/C(=N\OCCOc2ccc3nc(NC4CCNCC4)ccc3c2)c2csc(N)n2)C(=O)N1OS(=O)(=O)O. The number of benzene rings is 1. The van der Waals surface area contributed by atoms with Gasteiger partial charge in [-0.05, 0) is 70.1 Å². The Kier molecular flexibility index (Phi) is 9.16. The normalized spacial score (nSPS) is 19.0. The summed E-state index contributed by atoms with van der Waals surface area (Å²) in [6, 6.07) is 8.67. The number of nitrogens with two attached hydrogens (primary N) is 1. The first-order valence-corrected chi connectivity index (χ1v) is 15.9. The van der Waals surface area contributed by atoms with Crippen LogP contribution < -0.4 is 26.4 Å². The molecule has 236 valence electrons. The van der Waals surface area contributed by atoms with E-state index < -0.39 is 33.8 Å². The van der Waals surface area contributed by atoms with E-state index in [0.29, 0.717) is 16.9 Å². The minimum absolute atomic E-state index is 0.0321. The van der Waals surface area contributed by atoms with Gasteiger partial charge in [0.1, 0.15) is 29.9 Å². The molecule has 0 radical (unpaired) electrons. The number of nitrogen functional groups attached to an aromatic ring is 1. The summed E-state index contributed by atoms with van der Waals surface area (Å²) in [6.45, 7) is 4.92. The quantitative estimate of drug-likeness (QED) is 0.0611. The second-order valence-corrected chi connectivity index (χ2v) is 12.5. The van der Waals surface area contributed by atoms with Gasteiger partial charge in [0.2, 0.25) is 0 Å². The molecule has 1 aromatic carbocycles. The molecule has 2 amide bonds. The predicted octanol–water partition coefficient (Wildman–Crippen LogP) is 1.08. The third-order valence-electron chi connectivity index (χ3n) is 7.05. The third-order valence-corrected chi connectivity index (χ3v) is 8.06. The second kappa shape index (κ2) is 12.9. The molecule has 6 N–H and O–H groups in total. The summed E-state index contributed by atoms with van der Waals surface area (Å²) in [5.41, 5.74) is 5.08. The van der Waals surface area contributed by atoms with Crippen molar-refractivity contribution in [2.24, 2.45) is 5.16 Å². The Balaban J connectivity index is 1.17. The van der Waals surface area contributed by atoms with Gasteiger partial charge in [0.25, 0.3) is 11.8 Å². The first-order chi connectivity index (χ1) is 20.9. The molecule has 1 atom stereocenters. The molecule has 0 saturated carbocycles. The van der Waals surface area contributed by atoms with Crippen molar-refractivity contribution in [3.8, 4) is 5.75 Å². The lowest BCUT2D eigenvalue weighted by Gasteiger charge is -2.50. The van der Waals surface area contributed by atoms with Gasteiger partial charge in [-0.2, -0.15) is 13.5 Å². The van der Waals surface area contributed by atoms with Crippen molar-refractivity contribution < 1.29 is 36.4 Å². The number of pyridine rings is 1. The average molecular weight is 649 g/mol. The summed E-state index contributed by atoms with van der Waals surface area (Å²) in [5, 5.41) is 16.3. The Morgan fingerprint density at radius 1 is 1.23 bits per heavy atom. The van der Waals surface area contributed by atoms with E-state index in [1.54, 1.807) is 6.07 Å². The van der Waals surface area contributed by atoms with E-state index in [0.717, 1.165) is 54.0 Å². The predicted molar refractivity (Wildman–Crippen MR) is 161 cm³/mol. The molecule has 44 heavy (non-hydrogen) atoms. The first-order valence-electron chi connectivity index (χ1n) is 13.6. The Hall–Kier alpha value is -4.10. The number of rotatable bonds is 12. The van der Waals surface area contributed by atoms with Crippen molar-refractivity contribution in [2.45, 2.75) is 44.3 Å². The lowest BCUT2D eigenvalue weighted by atomic mass is 9.84. The molecule has 0 aliphatic carbocycles. The maximum absolute atomic E-state index is 13.1. The van der Waals surface area contributed by atoms with Crippen LogP contribution in [-0.4, -0.2) is 89.5 Å². The molecule has 2 saturated heterocycles. The summed E-state index contributed by atoms with van der Waals surface area (Å²) in [6.07, 6.45) is 2.10. The van der Waals surface area contributed by atoms with Gasteiger partial charge in [0.15, 0.2) is 17.5 Å². The van der Waals surface area contributed by atoms with Crippen LogP contribution >= 0.6 is 11.3 Å². The van der Waals surface area contributed by atoms with Crippen molar-refractivity contribution in [1.82, 2.24) is 25.7 Å². The molecule has 4 heterocycles. The molecule has 3 aromatic rings. The van der Waals surface area contributed by atoms with Crippen LogP contribution in [0.3, 0.4) is 0 Å². The van der Waals surface area contributed by atoms with Gasteiger partial charge in [-0.25, -0.2) is 9.97 Å². The summed E-state index contributed by atoms with van der Waals surface area (Å²) >= 11 is 1.07. The topological polar surface area (TPSA) is 220 Å². The minimum atomic E-state index is -4.95. The number of nitrogens with zero attached hydrogens (tertiary/aromatic N) is 4. The Labute approximate surface area is 256 Å². The van der Waals surface area contributed by atoms with Crippen molar-refractivity contribution in [1.29, 1.82) is 0 Å². The van der Waals surface area contributed by atoms with Gasteiger partial charge < -0.3 is 31.3 Å². The lowest BCUT2D eigenvalue weighted by Crippen LogP contribution is -2.76. The third kappa shape index (κ3) is 7.33. The van der Waals surface area contributed by atoms with Crippen LogP contribution in [0.5, 0.6) is 5.75 Å². The number of amides is 2. The molecule has 0 bridgehead atoms. The smallest absolute Gasteiger partial charge is 0.418 e. The molecule has 2 aliphatic heterocycles. The van der Waals surface area contributed by atoms with Crippen molar-refractivity contribution in [3.05, 3.63) is 41.4 Å². The monoisotopic (exact) mass is 648 g/mol. The zero-order chi connectivity index (χ0) is 31.5. The number of anilines is 2. The van der Waals surface area contributed by atoms with Crippen molar-refractivity contribution >= 4 is 61.1 Å². The van der Waals surface area contributed by atoms with Crippen LogP contribution in [-0.2, 0) is 29.1 Å². The standard InChI is InChI=1S/C26H32N8O8S2/c1-26(2)22(24(36)34(26)42-44(37,38)39)32-23(35)21(19-14-43-25(27)31-19)33-41-12-11-40-17-4-5-18-15(13-17)3-6-20(30-18)29-16-7-9-28-10-8-16/h3-6,13-14,16,22,28H,7-12H2,1-2H3,(H2,27,31)(H,29,30)(H,32,35)(H,37,38,39)/b33-21-. The van der Waals surface area contributed by atoms with E-state index in [1.165, 1.54) is 19.2 Å². The van der Waals surface area contributed by atoms with E-state index in [4.69, 9.17) is 24.8 Å². The molecular weight excluding hydrogens is 616 g/mol. The minimum Gasteiger partial charge on any atom is -0.490 e. The summed E-state index contributed by atoms with van der Waals surface area (Å²) in [7, 11) is -4.95. The number of β-lactam (4-membered cyclic amide) rings is 1. The van der Waals surface area contributed by atoms with Crippen molar-refractivity contribution in [2.75, 3.05) is 37.4 Å². The largest absolute Gasteiger partial charge is 0.490 e. The zero-order valence-corrected chi connectivity index (χ0v) is 25.5. The number of fused-ring (bicyclic) bond motifs is 1. The van der Waals surface area contributed by atoms with Crippen molar-refractivity contribution in [3.63, 3.8) is 0 Å². The van der Waals surface area contributed by atoms with E-state index in [2.05, 4.69) is 30.4 Å². The maximum atomic E-state index is 13.1. The van der Waals surface area contributed by atoms with Crippen LogP contribution in [0.15, 0.2) is 40.9 Å².